The molecular formula is C14H25N3. The Labute approximate surface area is 105 Å². The molecule has 0 radical (unpaired) electrons. The highest BCUT2D eigenvalue weighted by atomic mass is 15.2. The first kappa shape index (κ1) is 12.6. The van der Waals surface area contributed by atoms with E-state index in [1.54, 1.807) is 0 Å². The van der Waals surface area contributed by atoms with Gasteiger partial charge in [-0.1, -0.05) is 26.2 Å². The molecule has 1 aromatic rings. The second kappa shape index (κ2) is 6.20. The van der Waals surface area contributed by atoms with Gasteiger partial charge in [-0.3, -0.25) is 4.68 Å². The van der Waals surface area contributed by atoms with Crippen LogP contribution in [0.15, 0.2) is 12.3 Å². The molecule has 1 aliphatic carbocycles. The van der Waals surface area contributed by atoms with Crippen molar-refractivity contribution in [2.75, 3.05) is 13.1 Å². The van der Waals surface area contributed by atoms with Crippen LogP contribution in [-0.4, -0.2) is 22.9 Å². The minimum Gasteiger partial charge on any atom is -0.317 e. The summed E-state index contributed by atoms with van der Waals surface area (Å²) in [5, 5.41) is 8.14. The van der Waals surface area contributed by atoms with Crippen molar-refractivity contribution in [3.05, 3.63) is 18.0 Å². The van der Waals surface area contributed by atoms with Gasteiger partial charge in [0, 0.05) is 19.2 Å². The van der Waals surface area contributed by atoms with Crippen molar-refractivity contribution in [2.24, 2.45) is 13.0 Å². The molecular weight excluding hydrogens is 210 g/mol. The molecule has 1 aromatic heterocycles. The number of rotatable bonds is 4. The molecule has 17 heavy (non-hydrogen) atoms. The Morgan fingerprint density at radius 1 is 1.35 bits per heavy atom. The average Bonchev–Trinajstić information content (AvgIpc) is 2.63. The second-order valence-electron chi connectivity index (χ2n) is 5.23. The Morgan fingerprint density at radius 2 is 2.18 bits per heavy atom. The van der Waals surface area contributed by atoms with Crippen LogP contribution in [0.4, 0.5) is 0 Å². The molecule has 2 unspecified atom stereocenters. The predicted octanol–water partition coefficient (Wildman–Crippen LogP) is 2.69. The van der Waals surface area contributed by atoms with Gasteiger partial charge in [0.15, 0.2) is 0 Å². The predicted molar refractivity (Wildman–Crippen MR) is 71.1 cm³/mol. The monoisotopic (exact) mass is 235 g/mol. The molecule has 1 aliphatic rings. The smallest absolute Gasteiger partial charge is 0.0658 e. The highest BCUT2D eigenvalue weighted by molar-refractivity contribution is 5.09. The fourth-order valence-corrected chi connectivity index (χ4v) is 2.98. The summed E-state index contributed by atoms with van der Waals surface area (Å²) in [6.45, 7) is 4.41. The third-order valence-electron chi connectivity index (χ3n) is 3.93. The quantitative estimate of drug-likeness (QED) is 0.813. The van der Waals surface area contributed by atoms with Crippen LogP contribution in [0.5, 0.6) is 0 Å². The molecule has 0 bridgehead atoms. The van der Waals surface area contributed by atoms with Crippen molar-refractivity contribution in [3.63, 3.8) is 0 Å². The van der Waals surface area contributed by atoms with Crippen molar-refractivity contribution >= 4 is 0 Å². The molecule has 3 heteroatoms. The van der Waals surface area contributed by atoms with Gasteiger partial charge in [0.1, 0.15) is 0 Å². The van der Waals surface area contributed by atoms with Gasteiger partial charge < -0.3 is 5.32 Å². The Kier molecular flexibility index (Phi) is 4.60. The fraction of sp³-hybridized carbons (Fsp3) is 0.786. The van der Waals surface area contributed by atoms with Gasteiger partial charge in [-0.15, -0.1) is 0 Å². The number of hydrogen-bond donors (Lipinski definition) is 1. The van der Waals surface area contributed by atoms with Crippen molar-refractivity contribution in [2.45, 2.75) is 44.9 Å². The summed E-state index contributed by atoms with van der Waals surface area (Å²) in [5.74, 6) is 1.44. The molecule has 96 valence electrons. The first-order valence-corrected chi connectivity index (χ1v) is 7.01. The van der Waals surface area contributed by atoms with Crippen LogP contribution >= 0.6 is 0 Å². The molecule has 1 fully saturated rings. The summed E-state index contributed by atoms with van der Waals surface area (Å²) in [4.78, 5) is 0. The van der Waals surface area contributed by atoms with Crippen LogP contribution in [0.3, 0.4) is 0 Å². The zero-order valence-corrected chi connectivity index (χ0v) is 11.2. The lowest BCUT2D eigenvalue weighted by Crippen LogP contribution is -2.27. The maximum atomic E-state index is 4.62. The Morgan fingerprint density at radius 3 is 2.88 bits per heavy atom. The molecule has 1 saturated carbocycles. The van der Waals surface area contributed by atoms with E-state index in [1.165, 1.54) is 37.8 Å². The molecule has 2 rings (SSSR count). The van der Waals surface area contributed by atoms with E-state index in [1.807, 2.05) is 11.7 Å². The number of hydrogen-bond acceptors (Lipinski definition) is 2. The molecule has 1 heterocycles. The van der Waals surface area contributed by atoms with Gasteiger partial charge in [-0.2, -0.15) is 5.10 Å². The topological polar surface area (TPSA) is 29.9 Å². The van der Waals surface area contributed by atoms with Crippen LogP contribution < -0.4 is 5.32 Å². The van der Waals surface area contributed by atoms with Crippen molar-refractivity contribution in [1.29, 1.82) is 0 Å². The first-order valence-electron chi connectivity index (χ1n) is 7.01. The normalized spacial score (nSPS) is 25.8. The lowest BCUT2D eigenvalue weighted by atomic mass is 9.85. The van der Waals surface area contributed by atoms with Crippen molar-refractivity contribution in [3.8, 4) is 0 Å². The van der Waals surface area contributed by atoms with E-state index in [4.69, 9.17) is 0 Å². The lowest BCUT2D eigenvalue weighted by Gasteiger charge is -2.23. The SMILES string of the molecule is CCNCC1CCCCCC1c1ccn(C)n1. The molecule has 0 saturated heterocycles. The summed E-state index contributed by atoms with van der Waals surface area (Å²) >= 11 is 0. The van der Waals surface area contributed by atoms with Crippen molar-refractivity contribution < 1.29 is 0 Å². The Hall–Kier alpha value is -0.830. The number of nitrogens with zero attached hydrogens (tertiary/aromatic N) is 2. The zero-order valence-electron chi connectivity index (χ0n) is 11.2. The standard InChI is InChI=1S/C14H25N3/c1-3-15-11-12-7-5-4-6-8-13(12)14-9-10-17(2)16-14/h9-10,12-13,15H,3-8,11H2,1-2H3. The largest absolute Gasteiger partial charge is 0.317 e. The average molecular weight is 235 g/mol. The van der Waals surface area contributed by atoms with Gasteiger partial charge >= 0.3 is 0 Å². The second-order valence-corrected chi connectivity index (χ2v) is 5.23. The minimum absolute atomic E-state index is 0.665. The van der Waals surface area contributed by atoms with Gasteiger partial charge in [-0.05, 0) is 37.9 Å². The Bertz CT molecular complexity index is 332. The van der Waals surface area contributed by atoms with E-state index in [-0.39, 0.29) is 0 Å². The molecule has 0 amide bonds. The molecule has 3 nitrogen and oxygen atoms in total. The van der Waals surface area contributed by atoms with Crippen LogP contribution in [0.2, 0.25) is 0 Å². The van der Waals surface area contributed by atoms with Crippen LogP contribution in [0, 0.1) is 5.92 Å². The van der Waals surface area contributed by atoms with Gasteiger partial charge in [0.05, 0.1) is 5.69 Å². The summed E-state index contributed by atoms with van der Waals surface area (Å²) < 4.78 is 1.94. The molecule has 2 atom stereocenters. The van der Waals surface area contributed by atoms with E-state index < -0.39 is 0 Å². The van der Waals surface area contributed by atoms with Crippen LogP contribution in [-0.2, 0) is 7.05 Å². The first-order chi connectivity index (χ1) is 8.31. The van der Waals surface area contributed by atoms with Gasteiger partial charge in [-0.25, -0.2) is 0 Å². The van der Waals surface area contributed by atoms with E-state index in [0.29, 0.717) is 5.92 Å². The number of nitrogens with one attached hydrogen (secondary N) is 1. The van der Waals surface area contributed by atoms with Gasteiger partial charge in [0.2, 0.25) is 0 Å². The van der Waals surface area contributed by atoms with E-state index in [9.17, 15) is 0 Å². The van der Waals surface area contributed by atoms with Crippen LogP contribution in [0.1, 0.15) is 50.6 Å². The molecule has 0 spiro atoms. The third-order valence-corrected chi connectivity index (χ3v) is 3.93. The number of aromatic nitrogens is 2. The fourth-order valence-electron chi connectivity index (χ4n) is 2.98. The summed E-state index contributed by atoms with van der Waals surface area (Å²) in [5.41, 5.74) is 1.30. The highest BCUT2D eigenvalue weighted by Gasteiger charge is 2.26. The lowest BCUT2D eigenvalue weighted by molar-refractivity contribution is 0.371. The molecule has 0 aromatic carbocycles. The van der Waals surface area contributed by atoms with Crippen molar-refractivity contribution in [1.82, 2.24) is 15.1 Å². The molecule has 0 aliphatic heterocycles. The Balaban J connectivity index is 2.08. The maximum Gasteiger partial charge on any atom is 0.0658 e. The minimum atomic E-state index is 0.665. The summed E-state index contributed by atoms with van der Waals surface area (Å²) in [6.07, 6.45) is 8.89. The highest BCUT2D eigenvalue weighted by Crippen LogP contribution is 2.35. The molecule has 1 N–H and O–H groups in total. The maximum absolute atomic E-state index is 4.62. The van der Waals surface area contributed by atoms with E-state index in [0.717, 1.165) is 19.0 Å². The van der Waals surface area contributed by atoms with Crippen LogP contribution in [0.25, 0.3) is 0 Å². The zero-order chi connectivity index (χ0) is 12.1. The summed E-state index contributed by atoms with van der Waals surface area (Å²) in [7, 11) is 2.01. The third kappa shape index (κ3) is 3.32. The van der Waals surface area contributed by atoms with E-state index >= 15 is 0 Å². The summed E-state index contributed by atoms with van der Waals surface area (Å²) in [6, 6.07) is 2.20. The number of aryl methyl sites for hydroxylation is 1. The van der Waals surface area contributed by atoms with E-state index in [2.05, 4.69) is 29.6 Å². The van der Waals surface area contributed by atoms with Gasteiger partial charge in [0.25, 0.3) is 0 Å².